The third-order valence-corrected chi connectivity index (χ3v) is 2.05. The molecule has 5 heteroatoms. The van der Waals surface area contributed by atoms with E-state index in [0.29, 0.717) is 19.6 Å². The van der Waals surface area contributed by atoms with Crippen LogP contribution in [0.15, 0.2) is 24.5 Å². The molecule has 1 amide bonds. The van der Waals surface area contributed by atoms with Crippen molar-refractivity contribution >= 4 is 5.91 Å². The minimum Gasteiger partial charge on any atom is -0.395 e. The highest BCUT2D eigenvalue weighted by atomic mass is 16.3. The number of amides is 1. The third kappa shape index (κ3) is 4.86. The minimum atomic E-state index is -0.0781. The first-order chi connectivity index (χ1) is 7.72. The number of nitrogens with one attached hydrogen (secondary N) is 1. The predicted molar refractivity (Wildman–Crippen MR) is 60.7 cm³/mol. The van der Waals surface area contributed by atoms with Crippen molar-refractivity contribution in [1.29, 1.82) is 0 Å². The van der Waals surface area contributed by atoms with Gasteiger partial charge in [-0.1, -0.05) is 0 Å². The van der Waals surface area contributed by atoms with Gasteiger partial charge in [0, 0.05) is 25.5 Å². The number of hydrogen-bond donors (Lipinski definition) is 2. The lowest BCUT2D eigenvalue weighted by Crippen LogP contribution is -2.36. The molecule has 0 spiro atoms. The lowest BCUT2D eigenvalue weighted by atomic mass is 10.2. The van der Waals surface area contributed by atoms with Gasteiger partial charge in [0.1, 0.15) is 0 Å². The van der Waals surface area contributed by atoms with E-state index in [1.807, 2.05) is 24.1 Å². The van der Waals surface area contributed by atoms with Gasteiger partial charge in [0.25, 0.3) is 0 Å². The van der Waals surface area contributed by atoms with Gasteiger partial charge in [-0.25, -0.2) is 0 Å². The average Bonchev–Trinajstić information content (AvgIpc) is 2.27. The molecule has 0 fully saturated rings. The number of hydrogen-bond acceptors (Lipinski definition) is 4. The molecule has 0 bridgehead atoms. The van der Waals surface area contributed by atoms with Gasteiger partial charge >= 0.3 is 0 Å². The number of aliphatic hydroxyl groups is 1. The van der Waals surface area contributed by atoms with Gasteiger partial charge in [-0.05, 0) is 24.7 Å². The third-order valence-electron chi connectivity index (χ3n) is 2.05. The van der Waals surface area contributed by atoms with Crippen LogP contribution in [0.4, 0.5) is 0 Å². The summed E-state index contributed by atoms with van der Waals surface area (Å²) in [5.41, 5.74) is 1.12. The molecule has 0 atom stereocenters. The predicted octanol–water partition coefficient (Wildman–Crippen LogP) is -0.378. The van der Waals surface area contributed by atoms with Gasteiger partial charge in [-0.2, -0.15) is 0 Å². The van der Waals surface area contributed by atoms with E-state index in [0.717, 1.165) is 5.56 Å². The van der Waals surface area contributed by atoms with Gasteiger partial charge in [0.05, 0.1) is 13.2 Å². The molecule has 0 aliphatic rings. The Morgan fingerprint density at radius 2 is 2.19 bits per heavy atom. The van der Waals surface area contributed by atoms with Crippen LogP contribution in [0.5, 0.6) is 0 Å². The van der Waals surface area contributed by atoms with Crippen LogP contribution in [0.25, 0.3) is 0 Å². The summed E-state index contributed by atoms with van der Waals surface area (Å²) in [5.74, 6) is -0.0781. The van der Waals surface area contributed by atoms with Crippen LogP contribution in [-0.4, -0.2) is 47.6 Å². The summed E-state index contributed by atoms with van der Waals surface area (Å²) >= 11 is 0. The maximum absolute atomic E-state index is 11.3. The zero-order chi connectivity index (χ0) is 11.8. The highest BCUT2D eigenvalue weighted by Crippen LogP contribution is 2.00. The highest BCUT2D eigenvalue weighted by Gasteiger charge is 2.05. The largest absolute Gasteiger partial charge is 0.395 e. The molecule has 1 aromatic heterocycles. The molecule has 16 heavy (non-hydrogen) atoms. The first-order valence-electron chi connectivity index (χ1n) is 5.17. The van der Waals surface area contributed by atoms with Crippen LogP contribution >= 0.6 is 0 Å². The second kappa shape index (κ2) is 6.92. The van der Waals surface area contributed by atoms with Gasteiger partial charge in [-0.3, -0.25) is 14.7 Å². The van der Waals surface area contributed by atoms with Gasteiger partial charge < -0.3 is 10.4 Å². The smallest absolute Gasteiger partial charge is 0.234 e. The second-order valence-corrected chi connectivity index (χ2v) is 3.60. The molecule has 5 nitrogen and oxygen atoms in total. The number of aliphatic hydroxyl groups excluding tert-OH is 1. The first-order valence-corrected chi connectivity index (χ1v) is 5.17. The molecule has 0 aliphatic heterocycles. The van der Waals surface area contributed by atoms with Gasteiger partial charge in [-0.15, -0.1) is 0 Å². The lowest BCUT2D eigenvalue weighted by Gasteiger charge is -2.15. The van der Waals surface area contributed by atoms with Crippen molar-refractivity contribution in [2.75, 3.05) is 26.7 Å². The Hall–Kier alpha value is -1.46. The van der Waals surface area contributed by atoms with E-state index in [2.05, 4.69) is 10.3 Å². The number of aromatic nitrogens is 1. The maximum Gasteiger partial charge on any atom is 0.234 e. The van der Waals surface area contributed by atoms with Crippen LogP contribution in [0.1, 0.15) is 5.56 Å². The fraction of sp³-hybridized carbons (Fsp3) is 0.455. The molecule has 2 N–H and O–H groups in total. The van der Waals surface area contributed by atoms with Crippen molar-refractivity contribution < 1.29 is 9.90 Å². The molecule has 1 heterocycles. The highest BCUT2D eigenvalue weighted by molar-refractivity contribution is 5.77. The van der Waals surface area contributed by atoms with E-state index < -0.39 is 0 Å². The van der Waals surface area contributed by atoms with Crippen molar-refractivity contribution in [2.45, 2.75) is 6.54 Å². The van der Waals surface area contributed by atoms with E-state index in [9.17, 15) is 4.79 Å². The Bertz CT molecular complexity index is 316. The normalized spacial score (nSPS) is 10.4. The Kier molecular flexibility index (Phi) is 5.45. The van der Waals surface area contributed by atoms with Crippen molar-refractivity contribution in [3.63, 3.8) is 0 Å². The zero-order valence-electron chi connectivity index (χ0n) is 9.39. The van der Waals surface area contributed by atoms with Crippen molar-refractivity contribution in [3.05, 3.63) is 30.1 Å². The molecule has 1 aromatic rings. The SMILES string of the molecule is CN(CC(=O)NCCO)Cc1ccncc1. The molecule has 0 radical (unpaired) electrons. The van der Waals surface area contributed by atoms with Crippen LogP contribution < -0.4 is 5.32 Å². The molecule has 1 rings (SSSR count). The molecular formula is C11H17N3O2. The van der Waals surface area contributed by atoms with E-state index in [-0.39, 0.29) is 12.5 Å². The second-order valence-electron chi connectivity index (χ2n) is 3.60. The number of likely N-dealkylation sites (N-methyl/N-ethyl adjacent to an activating group) is 1. The van der Waals surface area contributed by atoms with Gasteiger partial charge in [0.2, 0.25) is 5.91 Å². The van der Waals surface area contributed by atoms with Crippen molar-refractivity contribution in [2.24, 2.45) is 0 Å². The summed E-state index contributed by atoms with van der Waals surface area (Å²) in [4.78, 5) is 17.2. The molecule has 88 valence electrons. The summed E-state index contributed by atoms with van der Waals surface area (Å²) in [5, 5.41) is 11.2. The van der Waals surface area contributed by atoms with Gasteiger partial charge in [0.15, 0.2) is 0 Å². The molecule has 0 saturated carbocycles. The van der Waals surface area contributed by atoms with E-state index in [4.69, 9.17) is 5.11 Å². The molecular weight excluding hydrogens is 206 g/mol. The van der Waals surface area contributed by atoms with E-state index >= 15 is 0 Å². The Balaban J connectivity index is 2.30. The summed E-state index contributed by atoms with van der Waals surface area (Å²) in [6, 6.07) is 3.84. The lowest BCUT2D eigenvalue weighted by molar-refractivity contribution is -0.122. The van der Waals surface area contributed by atoms with Crippen LogP contribution in [-0.2, 0) is 11.3 Å². The summed E-state index contributed by atoms with van der Waals surface area (Å²) in [6.07, 6.45) is 3.46. The maximum atomic E-state index is 11.3. The number of nitrogens with zero attached hydrogens (tertiary/aromatic N) is 2. The van der Waals surface area contributed by atoms with Crippen molar-refractivity contribution in [1.82, 2.24) is 15.2 Å². The zero-order valence-corrected chi connectivity index (χ0v) is 9.39. The van der Waals surface area contributed by atoms with Crippen LogP contribution in [0.2, 0.25) is 0 Å². The number of pyridine rings is 1. The molecule has 0 aliphatic carbocycles. The number of rotatable bonds is 6. The Morgan fingerprint density at radius 3 is 2.81 bits per heavy atom. The Morgan fingerprint density at radius 1 is 1.50 bits per heavy atom. The fourth-order valence-corrected chi connectivity index (χ4v) is 1.35. The quantitative estimate of drug-likeness (QED) is 0.690. The Labute approximate surface area is 95.1 Å². The average molecular weight is 223 g/mol. The van der Waals surface area contributed by atoms with E-state index in [1.54, 1.807) is 12.4 Å². The topological polar surface area (TPSA) is 65.5 Å². The fourth-order valence-electron chi connectivity index (χ4n) is 1.35. The summed E-state index contributed by atoms with van der Waals surface area (Å²) in [6.45, 7) is 1.30. The van der Waals surface area contributed by atoms with Crippen LogP contribution in [0, 0.1) is 0 Å². The number of carbonyl (C=O) groups is 1. The molecule has 0 saturated heterocycles. The molecule has 0 aromatic carbocycles. The standard InChI is InChI=1S/C11H17N3O2/c1-14(9-11(16)13-6-7-15)8-10-2-4-12-5-3-10/h2-5,15H,6-9H2,1H3,(H,13,16). The van der Waals surface area contributed by atoms with Crippen LogP contribution in [0.3, 0.4) is 0 Å². The first kappa shape index (κ1) is 12.6. The summed E-state index contributed by atoms with van der Waals surface area (Å²) in [7, 11) is 1.87. The van der Waals surface area contributed by atoms with E-state index in [1.165, 1.54) is 0 Å². The minimum absolute atomic E-state index is 0.0280. The number of carbonyl (C=O) groups excluding carboxylic acids is 1. The molecule has 0 unspecified atom stereocenters. The monoisotopic (exact) mass is 223 g/mol. The van der Waals surface area contributed by atoms with Crippen molar-refractivity contribution in [3.8, 4) is 0 Å². The summed E-state index contributed by atoms with van der Waals surface area (Å²) < 4.78 is 0.